The van der Waals surface area contributed by atoms with Gasteiger partial charge < -0.3 is 4.74 Å². The van der Waals surface area contributed by atoms with Crippen LogP contribution in [0.5, 0.6) is 5.75 Å². The second-order valence-corrected chi connectivity index (χ2v) is 8.30. The standard InChI is InChI=1S/C21H20ClNO3S/c1-16-20(22)12-7-13-21(16)27(24,25)23(18-9-4-3-5-10-18)15-17-8-6-11-19(14-17)26-2/h3-14H,15H2,1-2H3. The highest BCUT2D eigenvalue weighted by atomic mass is 35.5. The van der Waals surface area contributed by atoms with E-state index in [2.05, 4.69) is 0 Å². The Morgan fingerprint density at radius 3 is 2.37 bits per heavy atom. The van der Waals surface area contributed by atoms with Crippen LogP contribution in [0.2, 0.25) is 5.02 Å². The van der Waals surface area contributed by atoms with E-state index in [4.69, 9.17) is 16.3 Å². The molecule has 3 aromatic carbocycles. The third kappa shape index (κ3) is 4.10. The number of ether oxygens (including phenoxy) is 1. The highest BCUT2D eigenvalue weighted by molar-refractivity contribution is 7.92. The molecule has 0 aromatic heterocycles. The van der Waals surface area contributed by atoms with E-state index in [0.717, 1.165) is 5.56 Å². The molecule has 0 aliphatic heterocycles. The van der Waals surface area contributed by atoms with E-state index in [1.54, 1.807) is 44.4 Å². The third-order valence-electron chi connectivity index (χ3n) is 4.29. The lowest BCUT2D eigenvalue weighted by atomic mass is 10.2. The molecule has 0 saturated carbocycles. The average Bonchev–Trinajstić information content (AvgIpc) is 2.68. The van der Waals surface area contributed by atoms with Gasteiger partial charge in [-0.1, -0.05) is 48.0 Å². The maximum absolute atomic E-state index is 13.5. The predicted octanol–water partition coefficient (Wildman–Crippen LogP) is 5.05. The number of hydrogen-bond acceptors (Lipinski definition) is 3. The topological polar surface area (TPSA) is 46.6 Å². The van der Waals surface area contributed by atoms with Crippen LogP contribution in [0, 0.1) is 6.92 Å². The summed E-state index contributed by atoms with van der Waals surface area (Å²) in [6.07, 6.45) is 0. The molecule has 4 nitrogen and oxygen atoms in total. The van der Waals surface area contributed by atoms with Crippen molar-refractivity contribution in [3.63, 3.8) is 0 Å². The Kier molecular flexibility index (Phi) is 5.73. The van der Waals surface area contributed by atoms with Crippen LogP contribution in [0.1, 0.15) is 11.1 Å². The Hall–Kier alpha value is -2.50. The molecule has 0 atom stereocenters. The summed E-state index contributed by atoms with van der Waals surface area (Å²) in [4.78, 5) is 0.196. The fraction of sp³-hybridized carbons (Fsp3) is 0.143. The zero-order valence-corrected chi connectivity index (χ0v) is 16.7. The van der Waals surface area contributed by atoms with Gasteiger partial charge in [0.05, 0.1) is 24.2 Å². The Bertz CT molecular complexity index is 1040. The molecule has 0 radical (unpaired) electrons. The van der Waals surface area contributed by atoms with Crippen molar-refractivity contribution in [2.24, 2.45) is 0 Å². The number of benzene rings is 3. The highest BCUT2D eigenvalue weighted by Crippen LogP contribution is 2.30. The van der Waals surface area contributed by atoms with Gasteiger partial charge in [0, 0.05) is 5.02 Å². The molecule has 0 fully saturated rings. The van der Waals surface area contributed by atoms with Crippen molar-refractivity contribution in [3.05, 3.63) is 88.9 Å². The van der Waals surface area contributed by atoms with E-state index >= 15 is 0 Å². The minimum Gasteiger partial charge on any atom is -0.497 e. The van der Waals surface area contributed by atoms with Gasteiger partial charge in [-0.3, -0.25) is 4.31 Å². The van der Waals surface area contributed by atoms with E-state index in [9.17, 15) is 8.42 Å². The lowest BCUT2D eigenvalue weighted by Gasteiger charge is -2.26. The molecule has 0 spiro atoms. The summed E-state index contributed by atoms with van der Waals surface area (Å²) in [6.45, 7) is 1.89. The summed E-state index contributed by atoms with van der Waals surface area (Å²) in [7, 11) is -2.23. The van der Waals surface area contributed by atoms with Crippen molar-refractivity contribution in [2.45, 2.75) is 18.4 Å². The van der Waals surface area contributed by atoms with Gasteiger partial charge in [0.25, 0.3) is 10.0 Å². The van der Waals surface area contributed by atoms with E-state index in [1.165, 1.54) is 4.31 Å². The van der Waals surface area contributed by atoms with Crippen molar-refractivity contribution in [1.29, 1.82) is 0 Å². The Morgan fingerprint density at radius 1 is 0.963 bits per heavy atom. The summed E-state index contributed by atoms with van der Waals surface area (Å²) in [5.74, 6) is 0.678. The van der Waals surface area contributed by atoms with Crippen LogP contribution in [0.4, 0.5) is 5.69 Å². The molecule has 0 amide bonds. The summed E-state index contributed by atoms with van der Waals surface area (Å²) in [5, 5.41) is 0.422. The van der Waals surface area contributed by atoms with Crippen molar-refractivity contribution in [3.8, 4) is 5.75 Å². The van der Waals surface area contributed by atoms with Gasteiger partial charge >= 0.3 is 0 Å². The third-order valence-corrected chi connectivity index (χ3v) is 6.62. The number of para-hydroxylation sites is 1. The molecule has 27 heavy (non-hydrogen) atoms. The molecule has 0 aliphatic rings. The van der Waals surface area contributed by atoms with Crippen LogP contribution in [0.3, 0.4) is 0 Å². The molecule has 140 valence electrons. The van der Waals surface area contributed by atoms with Gasteiger partial charge in [0.1, 0.15) is 5.75 Å². The normalized spacial score (nSPS) is 11.2. The van der Waals surface area contributed by atoms with Gasteiger partial charge in [-0.25, -0.2) is 8.42 Å². The van der Waals surface area contributed by atoms with Crippen molar-refractivity contribution in [1.82, 2.24) is 0 Å². The van der Waals surface area contributed by atoms with Crippen LogP contribution in [0.15, 0.2) is 77.7 Å². The fourth-order valence-electron chi connectivity index (χ4n) is 2.83. The largest absolute Gasteiger partial charge is 0.497 e. The lowest BCUT2D eigenvalue weighted by Crippen LogP contribution is -2.31. The van der Waals surface area contributed by atoms with Crippen molar-refractivity contribution >= 4 is 27.3 Å². The number of anilines is 1. The maximum atomic E-state index is 13.5. The molecular weight excluding hydrogens is 382 g/mol. The average molecular weight is 402 g/mol. The van der Waals surface area contributed by atoms with E-state index in [-0.39, 0.29) is 11.4 Å². The van der Waals surface area contributed by atoms with Crippen LogP contribution in [-0.2, 0) is 16.6 Å². The molecule has 0 heterocycles. The zero-order valence-electron chi connectivity index (χ0n) is 15.1. The number of halogens is 1. The van der Waals surface area contributed by atoms with Gasteiger partial charge in [0.2, 0.25) is 0 Å². The van der Waals surface area contributed by atoms with E-state index < -0.39 is 10.0 Å². The second kappa shape index (κ2) is 8.03. The Morgan fingerprint density at radius 2 is 1.67 bits per heavy atom. The summed E-state index contributed by atoms with van der Waals surface area (Å²) in [5.41, 5.74) is 1.94. The molecule has 0 unspecified atom stereocenters. The first-order chi connectivity index (χ1) is 12.9. The molecule has 0 saturated heterocycles. The number of methoxy groups -OCH3 is 1. The Labute approximate surface area is 165 Å². The van der Waals surface area contributed by atoms with Crippen molar-refractivity contribution in [2.75, 3.05) is 11.4 Å². The Balaban J connectivity index is 2.11. The van der Waals surface area contributed by atoms with Crippen molar-refractivity contribution < 1.29 is 13.2 Å². The number of sulfonamides is 1. The maximum Gasteiger partial charge on any atom is 0.264 e. The predicted molar refractivity (Wildman–Crippen MR) is 109 cm³/mol. The van der Waals surface area contributed by atoms with Gasteiger partial charge in [-0.2, -0.15) is 0 Å². The minimum atomic E-state index is -3.82. The summed E-state index contributed by atoms with van der Waals surface area (Å²) in [6, 6.07) is 21.3. The first kappa shape index (κ1) is 19.3. The van der Waals surface area contributed by atoms with Gasteiger partial charge in [0.15, 0.2) is 0 Å². The lowest BCUT2D eigenvalue weighted by molar-refractivity contribution is 0.414. The quantitative estimate of drug-likeness (QED) is 0.580. The van der Waals surface area contributed by atoms with Crippen LogP contribution in [-0.4, -0.2) is 15.5 Å². The first-order valence-electron chi connectivity index (χ1n) is 8.39. The van der Waals surface area contributed by atoms with Crippen LogP contribution >= 0.6 is 11.6 Å². The highest BCUT2D eigenvalue weighted by Gasteiger charge is 2.27. The number of rotatable bonds is 6. The van der Waals surface area contributed by atoms with Gasteiger partial charge in [-0.15, -0.1) is 0 Å². The molecule has 0 N–H and O–H groups in total. The van der Waals surface area contributed by atoms with Gasteiger partial charge in [-0.05, 0) is 54.4 Å². The smallest absolute Gasteiger partial charge is 0.264 e. The van der Waals surface area contributed by atoms with Crippen LogP contribution in [0.25, 0.3) is 0 Å². The molecule has 6 heteroatoms. The van der Waals surface area contributed by atoms with Crippen LogP contribution < -0.4 is 9.04 Å². The molecule has 3 aromatic rings. The first-order valence-corrected chi connectivity index (χ1v) is 10.2. The number of hydrogen-bond donors (Lipinski definition) is 0. The minimum absolute atomic E-state index is 0.176. The fourth-order valence-corrected chi connectivity index (χ4v) is 4.77. The van der Waals surface area contributed by atoms with E-state index in [0.29, 0.717) is 22.0 Å². The molecular formula is C21H20ClNO3S. The summed E-state index contributed by atoms with van der Waals surface area (Å²) < 4.78 is 33.7. The zero-order chi connectivity index (χ0) is 19.4. The second-order valence-electron chi connectivity index (χ2n) is 6.06. The molecule has 0 bridgehead atoms. The molecule has 0 aliphatic carbocycles. The monoisotopic (exact) mass is 401 g/mol. The van der Waals surface area contributed by atoms with E-state index in [1.807, 2.05) is 42.5 Å². The SMILES string of the molecule is COc1cccc(CN(c2ccccc2)S(=O)(=O)c2cccc(Cl)c2C)c1. The summed E-state index contributed by atoms with van der Waals surface area (Å²) >= 11 is 6.17. The molecule has 3 rings (SSSR count). The number of nitrogens with zero attached hydrogens (tertiary/aromatic N) is 1.